The zero-order chi connectivity index (χ0) is 36.0. The minimum Gasteiger partial charge on any atom is -0.350 e. The van der Waals surface area contributed by atoms with Crippen molar-refractivity contribution in [2.75, 3.05) is 24.3 Å². The summed E-state index contributed by atoms with van der Waals surface area (Å²) in [6.45, 7) is 8.39. The normalized spacial score (nSPS) is 11.9. The summed E-state index contributed by atoms with van der Waals surface area (Å²) < 4.78 is 2.14. The highest BCUT2D eigenvalue weighted by Gasteiger charge is 2.27. The number of nitro groups is 1. The van der Waals surface area contributed by atoms with Crippen LogP contribution in [-0.4, -0.2) is 29.3 Å². The lowest BCUT2D eigenvalue weighted by Gasteiger charge is -2.20. The Bertz CT molecular complexity index is 2400. The van der Waals surface area contributed by atoms with Gasteiger partial charge in [0.1, 0.15) is 12.7 Å². The van der Waals surface area contributed by atoms with E-state index >= 15 is 0 Å². The summed E-state index contributed by atoms with van der Waals surface area (Å²) in [5.74, 6) is 0. The zero-order valence-electron chi connectivity index (χ0n) is 28.6. The smallest absolute Gasteiger partial charge is 0.292 e. The van der Waals surface area contributed by atoms with Gasteiger partial charge in [-0.3, -0.25) is 10.1 Å². The Morgan fingerprint density at radius 3 is 1.96 bits per heavy atom. The van der Waals surface area contributed by atoms with E-state index in [1.807, 2.05) is 80.8 Å². The van der Waals surface area contributed by atoms with Gasteiger partial charge in [-0.05, 0) is 59.2 Å². The standard InChI is InChI=1S/C44H33N5O2S/c1-45-42-41(31-15-7-4-8-16-31)43(52-44(42)46-38-21-13-14-22-39(38)49(50)51)40(32-23-27-36(28-24-32)47(2)34-17-9-5-10-18-34)33-25-29-37(30-26-33)48(3)35-19-11-6-12-20-35/h4-30H,2-3H3/p+1. The van der Waals surface area contributed by atoms with Crippen LogP contribution >= 0.6 is 11.3 Å². The lowest BCUT2D eigenvalue weighted by atomic mass is 9.91. The zero-order valence-corrected chi connectivity index (χ0v) is 29.4. The van der Waals surface area contributed by atoms with E-state index in [2.05, 4.69) is 92.5 Å². The van der Waals surface area contributed by atoms with Crippen molar-refractivity contribution in [2.45, 2.75) is 0 Å². The summed E-state index contributed by atoms with van der Waals surface area (Å²) in [5.41, 5.74) is 9.44. The Kier molecular flexibility index (Phi) is 9.69. The van der Waals surface area contributed by atoms with E-state index in [0.717, 1.165) is 55.5 Å². The molecule has 0 radical (unpaired) electrons. The van der Waals surface area contributed by atoms with Gasteiger partial charge in [-0.25, -0.2) is 4.85 Å². The molecule has 0 bridgehead atoms. The third kappa shape index (κ3) is 6.81. The summed E-state index contributed by atoms with van der Waals surface area (Å²) in [6.07, 6.45) is 8.46. The molecular weight excluding hydrogens is 663 g/mol. The molecule has 0 saturated carbocycles. The summed E-state index contributed by atoms with van der Waals surface area (Å²) in [7, 11) is 4.10. The molecule has 1 aliphatic carbocycles. The minimum absolute atomic E-state index is 0.0601. The van der Waals surface area contributed by atoms with Gasteiger partial charge in [-0.2, -0.15) is 4.58 Å². The molecule has 0 aliphatic heterocycles. The highest BCUT2D eigenvalue weighted by molar-refractivity contribution is 7.18. The molecule has 52 heavy (non-hydrogen) atoms. The predicted molar refractivity (Wildman–Crippen MR) is 215 cm³/mol. The maximum atomic E-state index is 12.0. The number of para-hydroxylation sites is 4. The molecule has 252 valence electrons. The molecule has 0 spiro atoms. The Labute approximate surface area is 307 Å². The summed E-state index contributed by atoms with van der Waals surface area (Å²) in [4.78, 5) is 18.6. The molecular formula is C44H34N5O2S+. The fraction of sp³-hybridized carbons (Fsp3) is 0.0455. The molecule has 0 saturated heterocycles. The van der Waals surface area contributed by atoms with Crippen LogP contribution < -0.4 is 10.2 Å². The van der Waals surface area contributed by atoms with E-state index in [-0.39, 0.29) is 5.69 Å². The number of hydrogen-bond donors (Lipinski definition) is 1. The van der Waals surface area contributed by atoms with Crippen LogP contribution in [0.15, 0.2) is 169 Å². The third-order valence-electron chi connectivity index (χ3n) is 9.01. The molecule has 0 amide bonds. The number of hydrogen-bond acceptors (Lipinski definition) is 5. The fourth-order valence-corrected chi connectivity index (χ4v) is 7.52. The number of anilines is 4. The van der Waals surface area contributed by atoms with Gasteiger partial charge < -0.3 is 10.2 Å². The van der Waals surface area contributed by atoms with Crippen molar-refractivity contribution in [3.05, 3.63) is 201 Å². The SMILES string of the molecule is [C-]#[N+]c1c(Nc2ccccc2[N+](=O)[O-])sc(C(=C2C=CC(=[N+](C)c3ccccc3)C=C2)c2ccc(N(C)c3ccccc3)cc2)c1-c1ccccc1. The maximum absolute atomic E-state index is 12.0. The highest BCUT2D eigenvalue weighted by atomic mass is 32.1. The molecule has 1 heterocycles. The van der Waals surface area contributed by atoms with Gasteiger partial charge in [0.25, 0.3) is 5.69 Å². The quantitative estimate of drug-likeness (QED) is 0.0707. The second-order valence-electron chi connectivity index (χ2n) is 12.1. The third-order valence-corrected chi connectivity index (χ3v) is 10.1. The van der Waals surface area contributed by atoms with Crippen LogP contribution in [0, 0.1) is 16.7 Å². The van der Waals surface area contributed by atoms with Crippen molar-refractivity contribution in [3.63, 3.8) is 0 Å². The second kappa shape index (κ2) is 15.0. The van der Waals surface area contributed by atoms with Crippen molar-refractivity contribution >= 4 is 61.7 Å². The number of benzene rings is 5. The summed E-state index contributed by atoms with van der Waals surface area (Å²) >= 11 is 1.43. The molecule has 8 heteroatoms. The number of rotatable bonds is 9. The monoisotopic (exact) mass is 696 g/mol. The van der Waals surface area contributed by atoms with Gasteiger partial charge in [0, 0.05) is 64.8 Å². The first-order valence-corrected chi connectivity index (χ1v) is 17.5. The van der Waals surface area contributed by atoms with Gasteiger partial charge >= 0.3 is 0 Å². The number of thiophene rings is 1. The summed E-state index contributed by atoms with van der Waals surface area (Å²) in [5, 5.41) is 15.8. The lowest BCUT2D eigenvalue weighted by molar-refractivity contribution is -0.403. The first kappa shape index (κ1) is 33.7. The van der Waals surface area contributed by atoms with E-state index < -0.39 is 4.92 Å². The second-order valence-corrected chi connectivity index (χ2v) is 13.1. The molecule has 7 rings (SSSR count). The molecule has 1 N–H and O–H groups in total. The van der Waals surface area contributed by atoms with E-state index in [1.165, 1.54) is 17.4 Å². The van der Waals surface area contributed by atoms with Crippen LogP contribution in [0.3, 0.4) is 0 Å². The predicted octanol–water partition coefficient (Wildman–Crippen LogP) is 11.7. The number of nitrogens with zero attached hydrogens (tertiary/aromatic N) is 4. The Morgan fingerprint density at radius 1 is 0.750 bits per heavy atom. The topological polar surface area (TPSA) is 65.8 Å². The van der Waals surface area contributed by atoms with Gasteiger partial charge in [-0.15, -0.1) is 11.3 Å². The number of allylic oxidation sites excluding steroid dienone is 5. The van der Waals surface area contributed by atoms with Crippen molar-refractivity contribution in [3.8, 4) is 11.1 Å². The van der Waals surface area contributed by atoms with Crippen LogP contribution in [0.25, 0.3) is 21.5 Å². The molecule has 7 nitrogen and oxygen atoms in total. The number of nitro benzene ring substituents is 1. The largest absolute Gasteiger partial charge is 0.350 e. The van der Waals surface area contributed by atoms with Gasteiger partial charge in [0.05, 0.1) is 16.5 Å². The van der Waals surface area contributed by atoms with Gasteiger partial charge in [0.15, 0.2) is 0 Å². The summed E-state index contributed by atoms with van der Waals surface area (Å²) in [6, 6.07) is 45.3. The minimum atomic E-state index is -0.411. The van der Waals surface area contributed by atoms with Crippen molar-refractivity contribution in [1.82, 2.24) is 0 Å². The van der Waals surface area contributed by atoms with Crippen molar-refractivity contribution in [2.24, 2.45) is 0 Å². The van der Waals surface area contributed by atoms with Gasteiger partial charge in [-0.1, -0.05) is 91.0 Å². The first-order valence-electron chi connectivity index (χ1n) is 16.7. The van der Waals surface area contributed by atoms with Crippen molar-refractivity contribution < 1.29 is 9.50 Å². The van der Waals surface area contributed by atoms with Crippen LogP contribution in [-0.2, 0) is 0 Å². The molecule has 1 aliphatic rings. The Hall–Kier alpha value is -6.82. The lowest BCUT2D eigenvalue weighted by Crippen LogP contribution is -2.10. The van der Waals surface area contributed by atoms with E-state index in [4.69, 9.17) is 6.57 Å². The first-order chi connectivity index (χ1) is 25.4. The highest BCUT2D eigenvalue weighted by Crippen LogP contribution is 2.52. The molecule has 6 aromatic rings. The van der Waals surface area contributed by atoms with Crippen LogP contribution in [0.2, 0.25) is 0 Å². The van der Waals surface area contributed by atoms with E-state index in [0.29, 0.717) is 16.4 Å². The molecule has 0 atom stereocenters. The van der Waals surface area contributed by atoms with E-state index in [9.17, 15) is 10.1 Å². The maximum Gasteiger partial charge on any atom is 0.292 e. The van der Waals surface area contributed by atoms with Crippen LogP contribution in [0.1, 0.15) is 10.4 Å². The molecule has 1 aromatic heterocycles. The Balaban J connectivity index is 1.43. The van der Waals surface area contributed by atoms with Gasteiger partial charge in [0.2, 0.25) is 17.1 Å². The Morgan fingerprint density at radius 2 is 1.33 bits per heavy atom. The van der Waals surface area contributed by atoms with E-state index in [1.54, 1.807) is 18.2 Å². The van der Waals surface area contributed by atoms with Crippen LogP contribution in [0.5, 0.6) is 0 Å². The average molecular weight is 697 g/mol. The van der Waals surface area contributed by atoms with Crippen LogP contribution in [0.4, 0.5) is 39.1 Å². The average Bonchev–Trinajstić information content (AvgIpc) is 3.56. The number of nitrogens with one attached hydrogen (secondary N) is 1. The fourth-order valence-electron chi connectivity index (χ4n) is 6.26. The molecule has 5 aromatic carbocycles. The van der Waals surface area contributed by atoms with Crippen molar-refractivity contribution in [1.29, 1.82) is 0 Å². The molecule has 0 unspecified atom stereocenters. The molecule has 0 fully saturated rings.